The normalized spacial score (nSPS) is 10.3. The fraction of sp³-hybridized carbons (Fsp3) is 0.0667. The monoisotopic (exact) mass is 420 g/mol. The molecule has 0 fully saturated rings. The van der Waals surface area contributed by atoms with Gasteiger partial charge in [-0.3, -0.25) is 10.2 Å². The minimum absolute atomic E-state index is 0.281. The van der Waals surface area contributed by atoms with Crippen LogP contribution in [0.15, 0.2) is 52.7 Å². The van der Waals surface area contributed by atoms with Gasteiger partial charge in [-0.1, -0.05) is 0 Å². The molecule has 0 atom stereocenters. The summed E-state index contributed by atoms with van der Waals surface area (Å²) < 4.78 is 2.47. The number of hydrogen-bond acceptors (Lipinski definition) is 5. The SMILES string of the molecule is O=C(NCc1ccnc(-n2cccn2)c1)NNC(=O)c1ccc(Br)s1. The molecule has 128 valence electrons. The smallest absolute Gasteiger partial charge is 0.333 e. The summed E-state index contributed by atoms with van der Waals surface area (Å²) in [6.45, 7) is 0.281. The first-order valence-corrected chi connectivity index (χ1v) is 8.77. The van der Waals surface area contributed by atoms with Gasteiger partial charge in [-0.15, -0.1) is 11.3 Å². The molecule has 8 nitrogen and oxygen atoms in total. The van der Waals surface area contributed by atoms with E-state index in [2.05, 4.69) is 42.2 Å². The molecule has 3 aromatic rings. The van der Waals surface area contributed by atoms with Crippen LogP contribution in [0.1, 0.15) is 15.2 Å². The lowest BCUT2D eigenvalue weighted by Crippen LogP contribution is -2.46. The van der Waals surface area contributed by atoms with Gasteiger partial charge in [0.05, 0.1) is 8.66 Å². The molecule has 3 N–H and O–H groups in total. The number of halogens is 1. The molecule has 3 aromatic heterocycles. The summed E-state index contributed by atoms with van der Waals surface area (Å²) in [5.41, 5.74) is 5.51. The van der Waals surface area contributed by atoms with Gasteiger partial charge >= 0.3 is 6.03 Å². The van der Waals surface area contributed by atoms with E-state index in [1.807, 2.05) is 6.07 Å². The molecule has 0 saturated heterocycles. The molecule has 3 heterocycles. The van der Waals surface area contributed by atoms with E-state index in [-0.39, 0.29) is 12.5 Å². The molecule has 3 rings (SSSR count). The lowest BCUT2D eigenvalue weighted by Gasteiger charge is -2.09. The number of aromatic nitrogens is 3. The van der Waals surface area contributed by atoms with Crippen LogP contribution in [0.2, 0.25) is 0 Å². The zero-order chi connectivity index (χ0) is 17.6. The number of nitrogens with one attached hydrogen (secondary N) is 3. The lowest BCUT2D eigenvalue weighted by atomic mass is 10.2. The number of hydrogen-bond donors (Lipinski definition) is 3. The van der Waals surface area contributed by atoms with E-state index in [1.54, 1.807) is 47.5 Å². The number of hydrazine groups is 1. The van der Waals surface area contributed by atoms with Crippen LogP contribution in [0, 0.1) is 0 Å². The number of amides is 3. The maximum Gasteiger partial charge on any atom is 0.333 e. The maximum atomic E-state index is 11.8. The first kappa shape index (κ1) is 17.1. The third-order valence-corrected chi connectivity index (χ3v) is 4.71. The highest BCUT2D eigenvalue weighted by atomic mass is 79.9. The minimum Gasteiger partial charge on any atom is -0.333 e. The summed E-state index contributed by atoms with van der Waals surface area (Å²) in [5.74, 6) is 0.275. The topological polar surface area (TPSA) is 101 Å². The Balaban J connectivity index is 1.49. The van der Waals surface area contributed by atoms with Gasteiger partial charge in [-0.25, -0.2) is 19.9 Å². The lowest BCUT2D eigenvalue weighted by molar-refractivity contribution is 0.0940. The Bertz CT molecular complexity index is 880. The second kappa shape index (κ2) is 7.90. The molecule has 0 radical (unpaired) electrons. The van der Waals surface area contributed by atoms with Crippen LogP contribution in [-0.4, -0.2) is 26.7 Å². The summed E-state index contributed by atoms with van der Waals surface area (Å²) in [6.07, 6.45) is 5.09. The van der Waals surface area contributed by atoms with Crippen LogP contribution in [0.3, 0.4) is 0 Å². The van der Waals surface area contributed by atoms with E-state index < -0.39 is 6.03 Å². The van der Waals surface area contributed by atoms with Crippen molar-refractivity contribution in [3.63, 3.8) is 0 Å². The molecule has 0 bridgehead atoms. The van der Waals surface area contributed by atoms with Gasteiger partial charge in [0.1, 0.15) is 0 Å². The molecular weight excluding hydrogens is 408 g/mol. The van der Waals surface area contributed by atoms with Gasteiger partial charge in [0, 0.05) is 25.1 Å². The van der Waals surface area contributed by atoms with Crippen LogP contribution in [0.5, 0.6) is 0 Å². The van der Waals surface area contributed by atoms with Crippen LogP contribution < -0.4 is 16.2 Å². The number of urea groups is 1. The molecule has 25 heavy (non-hydrogen) atoms. The van der Waals surface area contributed by atoms with E-state index in [0.29, 0.717) is 10.7 Å². The number of rotatable bonds is 4. The number of carbonyl (C=O) groups excluding carboxylic acids is 2. The van der Waals surface area contributed by atoms with E-state index in [1.165, 1.54) is 11.3 Å². The Morgan fingerprint density at radius 3 is 2.80 bits per heavy atom. The molecule has 0 saturated carbocycles. The molecule has 0 unspecified atom stereocenters. The highest BCUT2D eigenvalue weighted by Crippen LogP contribution is 2.21. The van der Waals surface area contributed by atoms with Gasteiger partial charge in [-0.05, 0) is 51.8 Å². The van der Waals surface area contributed by atoms with Crippen molar-refractivity contribution in [3.05, 3.63) is 63.1 Å². The van der Waals surface area contributed by atoms with Gasteiger partial charge in [0.15, 0.2) is 5.82 Å². The Hall–Kier alpha value is -2.72. The average molecular weight is 421 g/mol. The van der Waals surface area contributed by atoms with Crippen molar-refractivity contribution in [2.45, 2.75) is 6.54 Å². The predicted octanol–water partition coefficient (Wildman–Crippen LogP) is 2.24. The average Bonchev–Trinajstić information content (AvgIpc) is 3.30. The molecule has 10 heteroatoms. The number of pyridine rings is 1. The molecule has 0 aliphatic rings. The largest absolute Gasteiger partial charge is 0.333 e. The Morgan fingerprint density at radius 2 is 2.08 bits per heavy atom. The second-order valence-electron chi connectivity index (χ2n) is 4.84. The minimum atomic E-state index is -0.513. The van der Waals surface area contributed by atoms with Crippen LogP contribution in [0.25, 0.3) is 5.82 Å². The Morgan fingerprint density at radius 1 is 1.20 bits per heavy atom. The molecule has 0 aromatic carbocycles. The molecule has 0 aliphatic carbocycles. The first-order valence-electron chi connectivity index (χ1n) is 7.16. The fourth-order valence-electron chi connectivity index (χ4n) is 1.94. The highest BCUT2D eigenvalue weighted by molar-refractivity contribution is 9.11. The van der Waals surface area contributed by atoms with Crippen LogP contribution >= 0.6 is 27.3 Å². The standard InChI is InChI=1S/C15H13BrN6O2S/c16-12-3-2-11(25-12)14(23)20-21-15(24)18-9-10-4-6-17-13(8-10)22-7-1-5-19-22/h1-8H,9H2,(H,20,23)(H2,18,21,24). The van der Waals surface area contributed by atoms with Crippen molar-refractivity contribution in [2.24, 2.45) is 0 Å². The summed E-state index contributed by atoms with van der Waals surface area (Å²) in [5, 5.41) is 6.76. The van der Waals surface area contributed by atoms with Crippen LogP contribution in [0.4, 0.5) is 4.79 Å². The predicted molar refractivity (Wildman–Crippen MR) is 96.2 cm³/mol. The van der Waals surface area contributed by atoms with E-state index >= 15 is 0 Å². The molecular formula is C15H13BrN6O2S. The summed E-state index contributed by atoms with van der Waals surface area (Å²) in [6, 6.07) is 8.32. The zero-order valence-corrected chi connectivity index (χ0v) is 15.2. The molecule has 0 spiro atoms. The highest BCUT2D eigenvalue weighted by Gasteiger charge is 2.09. The summed E-state index contributed by atoms with van der Waals surface area (Å²) in [7, 11) is 0. The molecule has 0 aliphatic heterocycles. The molecule has 3 amide bonds. The van der Waals surface area contributed by atoms with E-state index in [9.17, 15) is 9.59 Å². The fourth-order valence-corrected chi connectivity index (χ4v) is 3.22. The maximum absolute atomic E-state index is 11.8. The van der Waals surface area contributed by atoms with Crippen molar-refractivity contribution in [1.29, 1.82) is 0 Å². The van der Waals surface area contributed by atoms with Crippen molar-refractivity contribution in [3.8, 4) is 5.82 Å². The third kappa shape index (κ3) is 4.64. The van der Waals surface area contributed by atoms with Gasteiger partial charge in [0.2, 0.25) is 0 Å². The number of carbonyl (C=O) groups is 2. The number of nitrogens with zero attached hydrogens (tertiary/aromatic N) is 3. The zero-order valence-electron chi connectivity index (χ0n) is 12.8. The van der Waals surface area contributed by atoms with Gasteiger partial charge in [-0.2, -0.15) is 5.10 Å². The summed E-state index contributed by atoms with van der Waals surface area (Å²) >= 11 is 4.55. The number of thiophene rings is 1. The van der Waals surface area contributed by atoms with Crippen LogP contribution in [-0.2, 0) is 6.54 Å². The Kier molecular flexibility index (Phi) is 5.41. The van der Waals surface area contributed by atoms with Gasteiger partial charge in [0.25, 0.3) is 5.91 Å². The summed E-state index contributed by atoms with van der Waals surface area (Å²) in [4.78, 5) is 28.3. The first-order chi connectivity index (χ1) is 12.1. The van der Waals surface area contributed by atoms with Crippen molar-refractivity contribution < 1.29 is 9.59 Å². The van der Waals surface area contributed by atoms with E-state index in [0.717, 1.165) is 9.35 Å². The van der Waals surface area contributed by atoms with Crippen molar-refractivity contribution >= 4 is 39.2 Å². The van der Waals surface area contributed by atoms with Gasteiger partial charge < -0.3 is 5.32 Å². The quantitative estimate of drug-likeness (QED) is 0.563. The van der Waals surface area contributed by atoms with Crippen molar-refractivity contribution in [1.82, 2.24) is 30.9 Å². The van der Waals surface area contributed by atoms with Crippen molar-refractivity contribution in [2.75, 3.05) is 0 Å². The Labute approximate surface area is 155 Å². The van der Waals surface area contributed by atoms with E-state index in [4.69, 9.17) is 0 Å². The second-order valence-corrected chi connectivity index (χ2v) is 7.30. The third-order valence-electron chi connectivity index (χ3n) is 3.09.